The van der Waals surface area contributed by atoms with Gasteiger partial charge in [0.25, 0.3) is 0 Å². The number of carbonyl (C=O) groups excluding carboxylic acids is 2. The fraction of sp³-hybridized carbons (Fsp3) is 0.333. The Hall–Kier alpha value is -1.53. The van der Waals surface area contributed by atoms with Crippen molar-refractivity contribution in [2.75, 3.05) is 6.54 Å². The molecule has 0 bridgehead atoms. The van der Waals surface area contributed by atoms with Crippen molar-refractivity contribution < 1.29 is 49.0 Å². The van der Waals surface area contributed by atoms with E-state index >= 15 is 0 Å². The second-order valence-corrected chi connectivity index (χ2v) is 7.29. The molecule has 1 atom stereocenters. The molecule has 2 aromatic rings. The first-order valence-corrected chi connectivity index (χ1v) is 9.09. The quantitative estimate of drug-likeness (QED) is 0.606. The van der Waals surface area contributed by atoms with Crippen LogP contribution in [0.5, 0.6) is 5.75 Å². The number of hydrogen-bond donors (Lipinski definition) is 1. The van der Waals surface area contributed by atoms with Gasteiger partial charge in [-0.05, 0) is 62.6 Å². The normalized spacial score (nSPS) is 11.9. The standard InChI is InChI=1S/C21H24ClNO4.Na/c1-14(16-6-8-17(22)9-7-16)19(24)23-13-12-15-4-10-18(11-5-15)27-21(2,3)20(25)26;/h4-11,14H,12-13H2,1-3H3,(H,23,24)(H,25,26);/q;+1/p-1. The fourth-order valence-corrected chi connectivity index (χ4v) is 2.57. The van der Waals surface area contributed by atoms with Gasteiger partial charge in [-0.1, -0.05) is 35.9 Å². The average molecular weight is 412 g/mol. The molecular formula is C21H23ClNNaO4. The van der Waals surface area contributed by atoms with Crippen LogP contribution in [-0.2, 0) is 16.0 Å². The zero-order valence-electron chi connectivity index (χ0n) is 16.6. The van der Waals surface area contributed by atoms with Crippen LogP contribution in [0.3, 0.4) is 0 Å². The Morgan fingerprint density at radius 1 is 1.11 bits per heavy atom. The van der Waals surface area contributed by atoms with Gasteiger partial charge in [0.1, 0.15) is 11.4 Å². The minimum Gasteiger partial charge on any atom is -0.546 e. The second kappa shape index (κ2) is 10.9. The topological polar surface area (TPSA) is 78.5 Å². The van der Waals surface area contributed by atoms with Crippen LogP contribution in [0.15, 0.2) is 48.5 Å². The number of carboxylic acid groups (broad SMARTS) is 1. The van der Waals surface area contributed by atoms with Crippen molar-refractivity contribution in [3.63, 3.8) is 0 Å². The van der Waals surface area contributed by atoms with Gasteiger partial charge in [-0.2, -0.15) is 0 Å². The molecule has 0 aromatic heterocycles. The van der Waals surface area contributed by atoms with Crippen molar-refractivity contribution in [1.82, 2.24) is 5.32 Å². The molecule has 0 aliphatic carbocycles. The third-order valence-electron chi connectivity index (χ3n) is 4.26. The molecular weight excluding hydrogens is 389 g/mol. The van der Waals surface area contributed by atoms with Crippen LogP contribution < -0.4 is 44.7 Å². The van der Waals surface area contributed by atoms with Crippen LogP contribution in [0, 0.1) is 0 Å². The Kier molecular flexibility index (Phi) is 9.51. The predicted octanol–water partition coefficient (Wildman–Crippen LogP) is -0.286. The Bertz CT molecular complexity index is 791. The molecule has 1 unspecified atom stereocenters. The number of carboxylic acids is 1. The first-order valence-electron chi connectivity index (χ1n) is 8.71. The van der Waals surface area contributed by atoms with Crippen LogP contribution in [-0.4, -0.2) is 24.0 Å². The van der Waals surface area contributed by atoms with E-state index in [0.29, 0.717) is 23.7 Å². The van der Waals surface area contributed by atoms with Crippen molar-refractivity contribution >= 4 is 23.5 Å². The number of hydrogen-bond acceptors (Lipinski definition) is 4. The third kappa shape index (κ3) is 7.13. The molecule has 0 aliphatic heterocycles. The molecule has 2 rings (SSSR count). The van der Waals surface area contributed by atoms with Crippen molar-refractivity contribution in [2.45, 2.75) is 38.7 Å². The summed E-state index contributed by atoms with van der Waals surface area (Å²) in [5, 5.41) is 14.6. The van der Waals surface area contributed by atoms with Gasteiger partial charge < -0.3 is 20.0 Å². The molecule has 144 valence electrons. The summed E-state index contributed by atoms with van der Waals surface area (Å²) < 4.78 is 5.41. The summed E-state index contributed by atoms with van der Waals surface area (Å²) in [6.45, 7) is 5.23. The maximum Gasteiger partial charge on any atom is 1.00 e. The van der Waals surface area contributed by atoms with Crippen LogP contribution in [0.2, 0.25) is 5.02 Å². The molecule has 0 saturated heterocycles. The van der Waals surface area contributed by atoms with E-state index in [4.69, 9.17) is 16.3 Å². The van der Waals surface area contributed by atoms with Crippen molar-refractivity contribution in [3.05, 3.63) is 64.7 Å². The minimum atomic E-state index is -1.40. The molecule has 1 N–H and O–H groups in total. The Morgan fingerprint density at radius 2 is 1.68 bits per heavy atom. The summed E-state index contributed by atoms with van der Waals surface area (Å²) in [7, 11) is 0. The Balaban J connectivity index is 0.00000392. The van der Waals surface area contributed by atoms with Gasteiger partial charge in [-0.3, -0.25) is 4.79 Å². The van der Waals surface area contributed by atoms with Crippen LogP contribution >= 0.6 is 11.6 Å². The predicted molar refractivity (Wildman–Crippen MR) is 103 cm³/mol. The molecule has 0 heterocycles. The smallest absolute Gasteiger partial charge is 0.546 e. The van der Waals surface area contributed by atoms with Crippen molar-refractivity contribution in [3.8, 4) is 5.75 Å². The number of nitrogens with one attached hydrogen (secondary N) is 1. The Morgan fingerprint density at radius 3 is 2.21 bits per heavy atom. The second-order valence-electron chi connectivity index (χ2n) is 6.86. The maximum atomic E-state index is 12.3. The first-order chi connectivity index (χ1) is 12.7. The molecule has 0 radical (unpaired) electrons. The summed E-state index contributed by atoms with van der Waals surface area (Å²) in [6, 6.07) is 14.3. The van der Waals surface area contributed by atoms with Gasteiger partial charge in [0.2, 0.25) is 5.91 Å². The zero-order valence-corrected chi connectivity index (χ0v) is 19.4. The molecule has 0 fully saturated rings. The number of amides is 1. The summed E-state index contributed by atoms with van der Waals surface area (Å²) in [5.41, 5.74) is 0.523. The van der Waals surface area contributed by atoms with E-state index in [1.54, 1.807) is 24.3 Å². The largest absolute Gasteiger partial charge is 1.00 e. The molecule has 7 heteroatoms. The number of rotatable bonds is 8. The summed E-state index contributed by atoms with van der Waals surface area (Å²) in [4.78, 5) is 23.3. The number of ether oxygens (including phenoxy) is 1. The third-order valence-corrected chi connectivity index (χ3v) is 4.52. The van der Waals surface area contributed by atoms with Gasteiger partial charge in [-0.25, -0.2) is 0 Å². The molecule has 0 saturated carbocycles. The van der Waals surface area contributed by atoms with Gasteiger partial charge in [-0.15, -0.1) is 0 Å². The van der Waals surface area contributed by atoms with Gasteiger partial charge in [0.15, 0.2) is 0 Å². The molecule has 28 heavy (non-hydrogen) atoms. The van der Waals surface area contributed by atoms with E-state index in [2.05, 4.69) is 5.32 Å². The van der Waals surface area contributed by atoms with Gasteiger partial charge >= 0.3 is 29.6 Å². The van der Waals surface area contributed by atoms with Crippen LogP contribution in [0.1, 0.15) is 37.8 Å². The molecule has 5 nitrogen and oxygen atoms in total. The van der Waals surface area contributed by atoms with Crippen LogP contribution in [0.4, 0.5) is 0 Å². The molecule has 1 amide bonds. The molecule has 2 aromatic carbocycles. The summed E-state index contributed by atoms with van der Waals surface area (Å²) in [6.07, 6.45) is 0.656. The number of carbonyl (C=O) groups is 2. The number of benzene rings is 2. The van der Waals surface area contributed by atoms with E-state index in [-0.39, 0.29) is 41.4 Å². The summed E-state index contributed by atoms with van der Waals surface area (Å²) in [5.74, 6) is -1.13. The van der Waals surface area contributed by atoms with E-state index in [0.717, 1.165) is 11.1 Å². The maximum absolute atomic E-state index is 12.3. The van der Waals surface area contributed by atoms with Gasteiger partial charge in [0, 0.05) is 11.6 Å². The Labute approximate surface area is 192 Å². The van der Waals surface area contributed by atoms with E-state index in [1.807, 2.05) is 31.2 Å². The van der Waals surface area contributed by atoms with Crippen molar-refractivity contribution in [1.29, 1.82) is 0 Å². The van der Waals surface area contributed by atoms with Gasteiger partial charge in [0.05, 0.1) is 11.9 Å². The average Bonchev–Trinajstić information content (AvgIpc) is 2.62. The van der Waals surface area contributed by atoms with E-state index in [9.17, 15) is 14.7 Å². The van der Waals surface area contributed by atoms with Crippen molar-refractivity contribution in [2.24, 2.45) is 0 Å². The monoisotopic (exact) mass is 411 g/mol. The number of aliphatic carboxylic acids is 1. The number of halogens is 1. The SMILES string of the molecule is CC(C(=O)NCCc1ccc(OC(C)(C)C(=O)[O-])cc1)c1ccc(Cl)cc1.[Na+]. The van der Waals surface area contributed by atoms with E-state index < -0.39 is 11.6 Å². The zero-order chi connectivity index (χ0) is 20.0. The first kappa shape index (κ1) is 24.5. The minimum absolute atomic E-state index is 0. The fourth-order valence-electron chi connectivity index (χ4n) is 2.45. The van der Waals surface area contributed by atoms with Crippen LogP contribution in [0.25, 0.3) is 0 Å². The summed E-state index contributed by atoms with van der Waals surface area (Å²) >= 11 is 5.87. The van der Waals surface area contributed by atoms with E-state index in [1.165, 1.54) is 13.8 Å². The molecule has 0 spiro atoms. The molecule has 0 aliphatic rings.